The van der Waals surface area contributed by atoms with Crippen LogP contribution in [0.4, 0.5) is 5.69 Å². The standard InChI is InChI=1S/C21H24N4O3/c1-24(11-12-28-2)17-13-16(21(26)27)22-20-18(17)19(14-7-6-8-14)23-25(20)15-9-4-3-5-10-15/h3-5,9-10,13-14H,6-8,11-12H2,1-2H3,(H,26,27). The molecule has 7 nitrogen and oxygen atoms in total. The van der Waals surface area contributed by atoms with Crippen LogP contribution in [-0.4, -0.2) is 53.1 Å². The number of hydrogen-bond donors (Lipinski definition) is 1. The maximum absolute atomic E-state index is 11.8. The molecule has 1 aromatic carbocycles. The Morgan fingerprint density at radius 3 is 2.68 bits per heavy atom. The van der Waals surface area contributed by atoms with E-state index in [0.29, 0.717) is 24.7 Å². The van der Waals surface area contributed by atoms with Gasteiger partial charge in [0.05, 0.1) is 29.1 Å². The number of carbonyl (C=O) groups is 1. The predicted octanol–water partition coefficient (Wildman–Crippen LogP) is 3.47. The summed E-state index contributed by atoms with van der Waals surface area (Å²) in [7, 11) is 3.61. The van der Waals surface area contributed by atoms with E-state index in [1.54, 1.807) is 17.9 Å². The lowest BCUT2D eigenvalue weighted by atomic mass is 9.82. The van der Waals surface area contributed by atoms with E-state index in [1.165, 1.54) is 6.42 Å². The van der Waals surface area contributed by atoms with Gasteiger partial charge >= 0.3 is 5.97 Å². The van der Waals surface area contributed by atoms with E-state index < -0.39 is 5.97 Å². The number of para-hydroxylation sites is 1. The Morgan fingerprint density at radius 2 is 2.07 bits per heavy atom. The average Bonchev–Trinajstić information content (AvgIpc) is 3.04. The summed E-state index contributed by atoms with van der Waals surface area (Å²) >= 11 is 0. The number of carboxylic acids is 1. The van der Waals surface area contributed by atoms with E-state index in [2.05, 4.69) is 4.98 Å². The van der Waals surface area contributed by atoms with Crippen LogP contribution in [0.1, 0.15) is 41.4 Å². The number of anilines is 1. The third kappa shape index (κ3) is 3.22. The summed E-state index contributed by atoms with van der Waals surface area (Å²) in [4.78, 5) is 18.3. The number of aromatic carboxylic acids is 1. The summed E-state index contributed by atoms with van der Waals surface area (Å²) in [6.45, 7) is 1.20. The molecule has 2 aromatic heterocycles. The molecule has 1 fully saturated rings. The Bertz CT molecular complexity index is 996. The third-order valence-electron chi connectivity index (χ3n) is 5.40. The van der Waals surface area contributed by atoms with Crippen molar-refractivity contribution in [3.63, 3.8) is 0 Å². The monoisotopic (exact) mass is 380 g/mol. The summed E-state index contributed by atoms with van der Waals surface area (Å²) in [5.74, 6) is -0.659. The highest BCUT2D eigenvalue weighted by Gasteiger charge is 2.29. The molecule has 0 saturated heterocycles. The van der Waals surface area contributed by atoms with Crippen molar-refractivity contribution in [2.24, 2.45) is 0 Å². The van der Waals surface area contributed by atoms with Crippen molar-refractivity contribution in [3.05, 3.63) is 47.8 Å². The molecule has 1 aliphatic rings. The summed E-state index contributed by atoms with van der Waals surface area (Å²) in [6, 6.07) is 11.4. The van der Waals surface area contributed by atoms with Gasteiger partial charge in [0.1, 0.15) is 0 Å². The van der Waals surface area contributed by atoms with Gasteiger partial charge in [-0.3, -0.25) is 0 Å². The molecule has 4 rings (SSSR count). The minimum atomic E-state index is -1.05. The fourth-order valence-electron chi connectivity index (χ4n) is 3.60. The number of benzene rings is 1. The first kappa shape index (κ1) is 18.4. The number of pyridine rings is 1. The first-order chi connectivity index (χ1) is 13.6. The van der Waals surface area contributed by atoms with Crippen LogP contribution in [0.2, 0.25) is 0 Å². The number of methoxy groups -OCH3 is 1. The van der Waals surface area contributed by atoms with E-state index in [1.807, 2.05) is 42.3 Å². The van der Waals surface area contributed by atoms with Crippen LogP contribution in [0.15, 0.2) is 36.4 Å². The van der Waals surface area contributed by atoms with Gasteiger partial charge in [0.2, 0.25) is 0 Å². The molecule has 28 heavy (non-hydrogen) atoms. The van der Waals surface area contributed by atoms with Gasteiger partial charge in [-0.15, -0.1) is 0 Å². The lowest BCUT2D eigenvalue weighted by Gasteiger charge is -2.26. The number of aromatic nitrogens is 3. The lowest BCUT2D eigenvalue weighted by Crippen LogP contribution is -2.23. The van der Waals surface area contributed by atoms with Gasteiger partial charge in [-0.25, -0.2) is 14.5 Å². The van der Waals surface area contributed by atoms with Crippen LogP contribution in [-0.2, 0) is 4.74 Å². The number of ether oxygens (including phenoxy) is 1. The number of nitrogens with zero attached hydrogens (tertiary/aromatic N) is 4. The van der Waals surface area contributed by atoms with E-state index in [4.69, 9.17) is 9.84 Å². The second-order valence-electron chi connectivity index (χ2n) is 7.21. The van der Waals surface area contributed by atoms with Gasteiger partial charge < -0.3 is 14.7 Å². The van der Waals surface area contributed by atoms with Crippen molar-refractivity contribution < 1.29 is 14.6 Å². The maximum atomic E-state index is 11.8. The molecule has 2 heterocycles. The van der Waals surface area contributed by atoms with E-state index in [9.17, 15) is 9.90 Å². The van der Waals surface area contributed by atoms with Gasteiger partial charge in [0, 0.05) is 26.6 Å². The van der Waals surface area contributed by atoms with Gasteiger partial charge in [-0.05, 0) is 31.0 Å². The van der Waals surface area contributed by atoms with Gasteiger partial charge in [-0.1, -0.05) is 24.6 Å². The average molecular weight is 380 g/mol. The van der Waals surface area contributed by atoms with E-state index >= 15 is 0 Å². The van der Waals surface area contributed by atoms with Crippen molar-refractivity contribution in [3.8, 4) is 5.69 Å². The molecule has 0 radical (unpaired) electrons. The number of carboxylic acid groups (broad SMARTS) is 1. The van der Waals surface area contributed by atoms with Gasteiger partial charge in [0.15, 0.2) is 11.3 Å². The Kier molecular flexibility index (Phi) is 5.00. The SMILES string of the molecule is COCCN(C)c1cc(C(=O)O)nc2c1c(C1CCC1)nn2-c1ccccc1. The predicted molar refractivity (Wildman–Crippen MR) is 108 cm³/mol. The normalized spacial score (nSPS) is 14.2. The van der Waals surface area contributed by atoms with Crippen molar-refractivity contribution in [1.29, 1.82) is 0 Å². The highest BCUT2D eigenvalue weighted by Crippen LogP contribution is 2.42. The summed E-state index contributed by atoms with van der Waals surface area (Å²) < 4.78 is 6.99. The molecule has 0 unspecified atom stereocenters. The molecule has 1 saturated carbocycles. The first-order valence-electron chi connectivity index (χ1n) is 9.52. The molecule has 3 aromatic rings. The number of hydrogen-bond acceptors (Lipinski definition) is 5. The number of rotatable bonds is 7. The second-order valence-corrected chi connectivity index (χ2v) is 7.21. The first-order valence-corrected chi connectivity index (χ1v) is 9.52. The highest BCUT2D eigenvalue weighted by molar-refractivity contribution is 5.98. The minimum absolute atomic E-state index is 0.0176. The second kappa shape index (κ2) is 7.59. The zero-order chi connectivity index (χ0) is 19.7. The van der Waals surface area contributed by atoms with Crippen LogP contribution in [0.5, 0.6) is 0 Å². The Morgan fingerprint density at radius 1 is 1.32 bits per heavy atom. The summed E-state index contributed by atoms with van der Waals surface area (Å²) in [5, 5.41) is 15.5. The quantitative estimate of drug-likeness (QED) is 0.676. The molecule has 0 spiro atoms. The Balaban J connectivity index is 1.98. The highest BCUT2D eigenvalue weighted by atomic mass is 16.5. The summed E-state index contributed by atoms with van der Waals surface area (Å²) in [5.41, 5.74) is 3.33. The molecule has 1 N–H and O–H groups in total. The summed E-state index contributed by atoms with van der Waals surface area (Å²) in [6.07, 6.45) is 3.39. The van der Waals surface area contributed by atoms with Crippen molar-refractivity contribution in [1.82, 2.24) is 14.8 Å². The molecular weight excluding hydrogens is 356 g/mol. The zero-order valence-electron chi connectivity index (χ0n) is 16.1. The molecule has 1 aliphatic carbocycles. The molecule has 0 amide bonds. The van der Waals surface area contributed by atoms with E-state index in [-0.39, 0.29) is 5.69 Å². The van der Waals surface area contributed by atoms with Crippen LogP contribution in [0.3, 0.4) is 0 Å². The fraction of sp³-hybridized carbons (Fsp3) is 0.381. The minimum Gasteiger partial charge on any atom is -0.477 e. The smallest absolute Gasteiger partial charge is 0.354 e. The van der Waals surface area contributed by atoms with Crippen molar-refractivity contribution in [2.75, 3.05) is 32.2 Å². The van der Waals surface area contributed by atoms with Gasteiger partial charge in [0.25, 0.3) is 0 Å². The largest absolute Gasteiger partial charge is 0.477 e. The Labute approximate surface area is 163 Å². The molecular formula is C21H24N4O3. The fourth-order valence-corrected chi connectivity index (χ4v) is 3.60. The molecule has 146 valence electrons. The Hall–Kier alpha value is -2.93. The van der Waals surface area contributed by atoms with Crippen molar-refractivity contribution in [2.45, 2.75) is 25.2 Å². The topological polar surface area (TPSA) is 80.5 Å². The molecule has 0 bridgehead atoms. The molecule has 0 aliphatic heterocycles. The maximum Gasteiger partial charge on any atom is 0.354 e. The van der Waals surface area contributed by atoms with Crippen LogP contribution < -0.4 is 4.90 Å². The zero-order valence-corrected chi connectivity index (χ0v) is 16.1. The van der Waals surface area contributed by atoms with Crippen molar-refractivity contribution >= 4 is 22.7 Å². The van der Waals surface area contributed by atoms with Crippen LogP contribution >= 0.6 is 0 Å². The lowest BCUT2D eigenvalue weighted by molar-refractivity contribution is 0.0691. The third-order valence-corrected chi connectivity index (χ3v) is 5.40. The molecule has 0 atom stereocenters. The number of likely N-dealkylation sites (N-methyl/N-ethyl adjacent to an activating group) is 1. The van der Waals surface area contributed by atoms with Crippen LogP contribution in [0.25, 0.3) is 16.7 Å². The number of fused-ring (bicyclic) bond motifs is 1. The van der Waals surface area contributed by atoms with Crippen LogP contribution in [0, 0.1) is 0 Å². The van der Waals surface area contributed by atoms with Gasteiger partial charge in [-0.2, -0.15) is 5.10 Å². The van der Waals surface area contributed by atoms with E-state index in [0.717, 1.165) is 35.3 Å². The molecule has 7 heteroatoms.